The van der Waals surface area contributed by atoms with E-state index in [-0.39, 0.29) is 12.0 Å². The molecule has 1 heterocycles. The van der Waals surface area contributed by atoms with E-state index in [2.05, 4.69) is 5.32 Å². The molecule has 0 bridgehead atoms. The minimum Gasteiger partial charge on any atom is -0.480 e. The largest absolute Gasteiger partial charge is 0.480 e. The number of carbonyl (C=O) groups excluding carboxylic acids is 1. The molecular weight excluding hydrogens is 201 g/mol. The number of benzene rings is 1. The Morgan fingerprint density at radius 3 is 2.93 bits per heavy atom. The van der Waals surface area contributed by atoms with Gasteiger partial charge in [0.05, 0.1) is 0 Å². The molecule has 15 heavy (non-hydrogen) atoms. The van der Waals surface area contributed by atoms with Gasteiger partial charge in [-0.1, -0.05) is 6.07 Å². The number of rotatable bonds is 1. The normalized spacial score (nSPS) is 19.3. The van der Waals surface area contributed by atoms with E-state index < -0.39 is 23.7 Å². The lowest BCUT2D eigenvalue weighted by Crippen LogP contribution is -2.46. The van der Waals surface area contributed by atoms with Crippen molar-refractivity contribution in [2.45, 2.75) is 12.5 Å². The summed E-state index contributed by atoms with van der Waals surface area (Å²) in [6.07, 6.45) is 0.191. The van der Waals surface area contributed by atoms with Crippen LogP contribution in [0.3, 0.4) is 0 Å². The highest BCUT2D eigenvalue weighted by Gasteiger charge is 2.28. The SMILES string of the molecule is O=C1NC(C(=O)O)Cc2ccc(F)cc21. The summed E-state index contributed by atoms with van der Waals surface area (Å²) in [4.78, 5) is 22.1. The number of hydrogen-bond acceptors (Lipinski definition) is 2. The Balaban J connectivity index is 2.41. The number of amides is 1. The lowest BCUT2D eigenvalue weighted by atomic mass is 9.95. The van der Waals surface area contributed by atoms with E-state index in [0.29, 0.717) is 5.56 Å². The number of carboxylic acids is 1. The average molecular weight is 209 g/mol. The van der Waals surface area contributed by atoms with Gasteiger partial charge < -0.3 is 10.4 Å². The summed E-state index contributed by atoms with van der Waals surface area (Å²) in [7, 11) is 0. The highest BCUT2D eigenvalue weighted by Crippen LogP contribution is 2.18. The van der Waals surface area contributed by atoms with Crippen molar-refractivity contribution in [1.29, 1.82) is 0 Å². The van der Waals surface area contributed by atoms with Gasteiger partial charge in [0.1, 0.15) is 11.9 Å². The van der Waals surface area contributed by atoms with Crippen LogP contribution in [-0.4, -0.2) is 23.0 Å². The first-order chi connectivity index (χ1) is 7.08. The van der Waals surface area contributed by atoms with Crippen LogP contribution in [0.4, 0.5) is 4.39 Å². The third-order valence-electron chi connectivity index (χ3n) is 2.34. The second-order valence-corrected chi connectivity index (χ2v) is 3.37. The average Bonchev–Trinajstić information content (AvgIpc) is 2.18. The Bertz CT molecular complexity index is 444. The molecule has 2 N–H and O–H groups in total. The van der Waals surface area contributed by atoms with Gasteiger partial charge >= 0.3 is 5.97 Å². The van der Waals surface area contributed by atoms with Crippen molar-refractivity contribution in [2.75, 3.05) is 0 Å². The van der Waals surface area contributed by atoms with Crippen LogP contribution < -0.4 is 5.32 Å². The summed E-state index contributed by atoms with van der Waals surface area (Å²) in [5, 5.41) is 11.0. The third kappa shape index (κ3) is 1.68. The van der Waals surface area contributed by atoms with E-state index in [9.17, 15) is 14.0 Å². The first kappa shape index (κ1) is 9.64. The van der Waals surface area contributed by atoms with Crippen molar-refractivity contribution in [2.24, 2.45) is 0 Å². The molecule has 0 aromatic heterocycles. The van der Waals surface area contributed by atoms with E-state index >= 15 is 0 Å². The number of nitrogens with one attached hydrogen (secondary N) is 1. The summed E-state index contributed by atoms with van der Waals surface area (Å²) in [5.74, 6) is -2.13. The molecule has 1 aromatic carbocycles. The molecule has 0 saturated heterocycles. The van der Waals surface area contributed by atoms with Gasteiger partial charge in [-0.15, -0.1) is 0 Å². The molecule has 2 rings (SSSR count). The maximum absolute atomic E-state index is 12.8. The fraction of sp³-hybridized carbons (Fsp3) is 0.200. The van der Waals surface area contributed by atoms with Gasteiger partial charge in [-0.25, -0.2) is 9.18 Å². The summed E-state index contributed by atoms with van der Waals surface area (Å²) in [6, 6.07) is 2.86. The zero-order chi connectivity index (χ0) is 11.0. The number of aliphatic carboxylic acids is 1. The maximum Gasteiger partial charge on any atom is 0.326 e. The van der Waals surface area contributed by atoms with E-state index in [1.54, 1.807) is 0 Å². The zero-order valence-corrected chi connectivity index (χ0v) is 7.66. The van der Waals surface area contributed by atoms with Crippen molar-refractivity contribution < 1.29 is 19.1 Å². The van der Waals surface area contributed by atoms with Crippen molar-refractivity contribution in [1.82, 2.24) is 5.32 Å². The predicted molar refractivity (Wildman–Crippen MR) is 49.0 cm³/mol. The molecule has 1 unspecified atom stereocenters. The molecule has 0 radical (unpaired) electrons. The first-order valence-corrected chi connectivity index (χ1v) is 4.40. The molecular formula is C10H8FNO3. The molecule has 78 valence electrons. The molecule has 1 aromatic rings. The molecule has 1 aliphatic heterocycles. The van der Waals surface area contributed by atoms with Gasteiger partial charge in [0.15, 0.2) is 0 Å². The minimum atomic E-state index is -1.08. The van der Waals surface area contributed by atoms with Gasteiger partial charge in [0.25, 0.3) is 5.91 Å². The fourth-order valence-electron chi connectivity index (χ4n) is 1.59. The smallest absolute Gasteiger partial charge is 0.326 e. The molecule has 1 atom stereocenters. The zero-order valence-electron chi connectivity index (χ0n) is 7.66. The lowest BCUT2D eigenvalue weighted by molar-refractivity contribution is -0.139. The molecule has 0 spiro atoms. The topological polar surface area (TPSA) is 66.4 Å². The van der Waals surface area contributed by atoms with Gasteiger partial charge in [0, 0.05) is 12.0 Å². The van der Waals surface area contributed by atoms with Crippen molar-refractivity contribution >= 4 is 11.9 Å². The summed E-state index contributed by atoms with van der Waals surface area (Å²) >= 11 is 0. The molecule has 0 aliphatic carbocycles. The van der Waals surface area contributed by atoms with Crippen LogP contribution in [0.1, 0.15) is 15.9 Å². The quantitative estimate of drug-likeness (QED) is 0.710. The molecule has 1 aliphatic rings. The highest BCUT2D eigenvalue weighted by molar-refractivity contribution is 5.99. The summed E-state index contributed by atoms with van der Waals surface area (Å²) in [6.45, 7) is 0. The van der Waals surface area contributed by atoms with E-state index in [0.717, 1.165) is 6.07 Å². The Morgan fingerprint density at radius 1 is 1.53 bits per heavy atom. The van der Waals surface area contributed by atoms with Gasteiger partial charge in [-0.3, -0.25) is 4.79 Å². The van der Waals surface area contributed by atoms with Crippen LogP contribution in [0.25, 0.3) is 0 Å². The second kappa shape index (κ2) is 3.34. The van der Waals surface area contributed by atoms with Crippen LogP contribution in [0.5, 0.6) is 0 Å². The van der Waals surface area contributed by atoms with Gasteiger partial charge in [0.2, 0.25) is 0 Å². The fourth-order valence-corrected chi connectivity index (χ4v) is 1.59. The number of hydrogen-bond donors (Lipinski definition) is 2. The number of halogens is 1. The first-order valence-electron chi connectivity index (χ1n) is 4.40. The molecule has 4 nitrogen and oxygen atoms in total. The number of fused-ring (bicyclic) bond motifs is 1. The maximum atomic E-state index is 12.8. The second-order valence-electron chi connectivity index (χ2n) is 3.37. The van der Waals surface area contributed by atoms with Crippen molar-refractivity contribution in [3.05, 3.63) is 35.1 Å². The van der Waals surface area contributed by atoms with Crippen LogP contribution in [0, 0.1) is 5.82 Å². The summed E-state index contributed by atoms with van der Waals surface area (Å²) in [5.41, 5.74) is 0.778. The van der Waals surface area contributed by atoms with E-state index in [1.807, 2.05) is 0 Å². The molecule has 1 amide bonds. The monoisotopic (exact) mass is 209 g/mol. The summed E-state index contributed by atoms with van der Waals surface area (Å²) < 4.78 is 12.8. The standard InChI is InChI=1S/C10H8FNO3/c11-6-2-1-5-3-8(10(14)15)12-9(13)7(5)4-6/h1-2,4,8H,3H2,(H,12,13)(H,14,15). The molecule has 0 saturated carbocycles. The van der Waals surface area contributed by atoms with Crippen LogP contribution in [0.2, 0.25) is 0 Å². The highest BCUT2D eigenvalue weighted by atomic mass is 19.1. The van der Waals surface area contributed by atoms with Gasteiger partial charge in [-0.05, 0) is 17.7 Å². The molecule has 5 heteroatoms. The Hall–Kier alpha value is -1.91. The number of carboxylic acid groups (broad SMARTS) is 1. The van der Waals surface area contributed by atoms with Crippen LogP contribution >= 0.6 is 0 Å². The Kier molecular flexibility index (Phi) is 2.15. The Labute approximate surface area is 84.7 Å². The number of carbonyl (C=O) groups is 2. The third-order valence-corrected chi connectivity index (χ3v) is 2.34. The van der Waals surface area contributed by atoms with Crippen molar-refractivity contribution in [3.8, 4) is 0 Å². The lowest BCUT2D eigenvalue weighted by Gasteiger charge is -2.22. The minimum absolute atomic E-state index is 0.191. The van der Waals surface area contributed by atoms with E-state index in [4.69, 9.17) is 5.11 Å². The van der Waals surface area contributed by atoms with Crippen LogP contribution in [0.15, 0.2) is 18.2 Å². The van der Waals surface area contributed by atoms with Crippen LogP contribution in [-0.2, 0) is 11.2 Å². The van der Waals surface area contributed by atoms with Gasteiger partial charge in [-0.2, -0.15) is 0 Å². The predicted octanol–water partition coefficient (Wildman–Crippen LogP) is 0.565. The van der Waals surface area contributed by atoms with Crippen molar-refractivity contribution in [3.63, 3.8) is 0 Å². The Morgan fingerprint density at radius 2 is 2.27 bits per heavy atom. The molecule has 0 fully saturated rings. The van der Waals surface area contributed by atoms with E-state index in [1.165, 1.54) is 12.1 Å².